The summed E-state index contributed by atoms with van der Waals surface area (Å²) >= 11 is 0. The molecule has 3 saturated heterocycles. The molecule has 330 valence electrons. The van der Waals surface area contributed by atoms with E-state index in [1.54, 1.807) is 0 Å². The van der Waals surface area contributed by atoms with E-state index >= 15 is 0 Å². The number of benzene rings is 3. The van der Waals surface area contributed by atoms with Crippen molar-refractivity contribution >= 4 is 45.8 Å². The Balaban J connectivity index is 0.896. The first-order chi connectivity index (χ1) is 30.6. The highest BCUT2D eigenvalue weighted by Crippen LogP contribution is 2.51. The maximum atomic E-state index is 14.5. The van der Waals surface area contributed by atoms with Crippen molar-refractivity contribution in [3.8, 4) is 22.4 Å². The molecule has 4 fully saturated rings. The van der Waals surface area contributed by atoms with Crippen LogP contribution in [0.5, 0.6) is 0 Å². The molecular weight excluding hydrogens is 801 g/mol. The Hall–Kier alpha value is -5.96. The van der Waals surface area contributed by atoms with Gasteiger partial charge in [0, 0.05) is 42.4 Å². The van der Waals surface area contributed by atoms with Crippen LogP contribution in [0.15, 0.2) is 48.5 Å². The number of carbonyl (C=O) groups is 4. The number of amides is 4. The normalized spacial score (nSPS) is 22.9. The molecule has 10 rings (SSSR count). The van der Waals surface area contributed by atoms with Crippen LogP contribution in [0.4, 0.5) is 9.59 Å². The van der Waals surface area contributed by atoms with Crippen molar-refractivity contribution in [2.45, 2.75) is 102 Å². The summed E-state index contributed by atoms with van der Waals surface area (Å²) in [5, 5.41) is 7.73. The molecule has 2 aliphatic carbocycles. The molecule has 5 heterocycles. The first kappa shape index (κ1) is 41.1. The molecule has 3 aliphatic heterocycles. The number of aromatic nitrogens is 4. The number of hydrogen-bond donors (Lipinski definition) is 4. The summed E-state index contributed by atoms with van der Waals surface area (Å²) in [5.41, 5.74) is 8.42. The minimum absolute atomic E-state index is 0.0211. The zero-order chi connectivity index (χ0) is 43.5. The lowest BCUT2D eigenvalue weighted by molar-refractivity contribution is -0.140. The van der Waals surface area contributed by atoms with Gasteiger partial charge in [-0.3, -0.25) is 9.59 Å². The molecule has 1 saturated carbocycles. The third kappa shape index (κ3) is 7.37. The molecule has 0 spiro atoms. The molecule has 15 nitrogen and oxygen atoms in total. The van der Waals surface area contributed by atoms with Crippen molar-refractivity contribution in [1.29, 1.82) is 0 Å². The number of likely N-dealkylation sites (tertiary alicyclic amines) is 2. The van der Waals surface area contributed by atoms with Gasteiger partial charge in [0.1, 0.15) is 23.7 Å². The predicted molar refractivity (Wildman–Crippen MR) is 235 cm³/mol. The van der Waals surface area contributed by atoms with Crippen LogP contribution in [-0.4, -0.2) is 106 Å². The molecule has 63 heavy (non-hydrogen) atoms. The topological polar surface area (TPSA) is 184 Å². The van der Waals surface area contributed by atoms with Crippen LogP contribution in [0, 0.1) is 17.8 Å². The summed E-state index contributed by atoms with van der Waals surface area (Å²) in [6.45, 7) is 5.56. The van der Waals surface area contributed by atoms with Crippen LogP contribution in [0.3, 0.4) is 0 Å². The van der Waals surface area contributed by atoms with Crippen molar-refractivity contribution in [3.05, 3.63) is 71.4 Å². The first-order valence-electron chi connectivity index (χ1n) is 22.6. The quantitative estimate of drug-likeness (QED) is 0.120. The number of rotatable bonds is 9. The van der Waals surface area contributed by atoms with Crippen LogP contribution >= 0.6 is 0 Å². The standard InChI is InChI=1S/C48H56N8O7/c1-25(2)38(53-47(59)61-3)45(57)55-19-5-6-37(55)43-49-35-15-10-29-22-27(8-13-33(29)40(35)51-43)28-9-14-34-30(23-28)11-16-36-41(34)52-44(50-36)42-31-7-12-32(24-31)56(42)46(58)39(54-48(60)62-4)26-17-20-63-21-18-26/h8-10,13-15,22-23,25-26,31-32,37-39,42H,5-7,11-12,16-21,24H2,1-4H3,(H,49,51)(H,50,52)(H,53,59)(H,54,60)/t31-,32+,37-,38-,39-,42-/m0/s1. The molecular formula is C48H56N8O7. The number of ether oxygens (including phenoxy) is 3. The van der Waals surface area contributed by atoms with Gasteiger partial charge in [-0.25, -0.2) is 19.6 Å². The number of nitrogens with zero attached hydrogens (tertiary/aromatic N) is 4. The summed E-state index contributed by atoms with van der Waals surface area (Å²) in [6.07, 6.45) is 6.47. The van der Waals surface area contributed by atoms with Crippen molar-refractivity contribution in [3.63, 3.8) is 0 Å². The molecule has 5 aliphatic rings. The fourth-order valence-electron chi connectivity index (χ4n) is 11.2. The second kappa shape index (κ2) is 16.6. The summed E-state index contributed by atoms with van der Waals surface area (Å²) < 4.78 is 15.4. The van der Waals surface area contributed by atoms with Gasteiger partial charge in [-0.2, -0.15) is 0 Å². The van der Waals surface area contributed by atoms with Gasteiger partial charge in [0.25, 0.3) is 0 Å². The summed E-state index contributed by atoms with van der Waals surface area (Å²) in [6, 6.07) is 15.7. The first-order valence-corrected chi connectivity index (χ1v) is 22.6. The average Bonchev–Trinajstić information content (AvgIpc) is 4.17. The maximum absolute atomic E-state index is 14.5. The van der Waals surface area contributed by atoms with Gasteiger partial charge in [-0.05, 0) is 110 Å². The monoisotopic (exact) mass is 856 g/mol. The van der Waals surface area contributed by atoms with E-state index in [0.717, 1.165) is 106 Å². The number of carbonyl (C=O) groups excluding carboxylic acids is 4. The van der Waals surface area contributed by atoms with Crippen LogP contribution in [0.1, 0.15) is 93.8 Å². The second-order valence-corrected chi connectivity index (χ2v) is 18.4. The third-order valence-corrected chi connectivity index (χ3v) is 14.4. The average molecular weight is 857 g/mol. The number of H-pyrrole nitrogens is 2. The lowest BCUT2D eigenvalue weighted by Crippen LogP contribution is -2.55. The van der Waals surface area contributed by atoms with Gasteiger partial charge in [0.15, 0.2) is 0 Å². The van der Waals surface area contributed by atoms with Gasteiger partial charge >= 0.3 is 12.2 Å². The zero-order valence-electron chi connectivity index (χ0n) is 36.4. The number of fused-ring (bicyclic) bond motifs is 8. The second-order valence-electron chi connectivity index (χ2n) is 18.4. The Labute approximate surface area is 366 Å². The highest BCUT2D eigenvalue weighted by atomic mass is 16.5. The zero-order valence-corrected chi connectivity index (χ0v) is 36.4. The number of aromatic amines is 2. The smallest absolute Gasteiger partial charge is 0.407 e. The molecule has 4 N–H and O–H groups in total. The highest BCUT2D eigenvalue weighted by molar-refractivity contribution is 6.05. The molecule has 0 radical (unpaired) electrons. The van der Waals surface area contributed by atoms with Gasteiger partial charge in [0.2, 0.25) is 11.8 Å². The fourth-order valence-corrected chi connectivity index (χ4v) is 11.2. The largest absolute Gasteiger partial charge is 0.453 e. The number of alkyl carbamates (subject to hydrolysis) is 2. The molecule has 15 heteroatoms. The Bertz CT molecular complexity index is 2600. The number of hydrogen-bond acceptors (Lipinski definition) is 9. The van der Waals surface area contributed by atoms with Crippen LogP contribution < -0.4 is 10.6 Å². The van der Waals surface area contributed by atoms with Gasteiger partial charge < -0.3 is 44.6 Å². The lowest BCUT2D eigenvalue weighted by Gasteiger charge is -2.39. The van der Waals surface area contributed by atoms with Crippen LogP contribution in [0.2, 0.25) is 0 Å². The number of methoxy groups -OCH3 is 2. The van der Waals surface area contributed by atoms with Crippen molar-refractivity contribution < 1.29 is 33.4 Å². The van der Waals surface area contributed by atoms with E-state index in [2.05, 4.69) is 69.1 Å². The fraction of sp³-hybridized carbons (Fsp3) is 0.500. The molecule has 0 unspecified atom stereocenters. The van der Waals surface area contributed by atoms with Crippen molar-refractivity contribution in [2.24, 2.45) is 17.8 Å². The Kier molecular flexibility index (Phi) is 10.8. The Morgan fingerprint density at radius 3 is 2.40 bits per heavy atom. The Morgan fingerprint density at radius 1 is 0.825 bits per heavy atom. The number of nitrogens with one attached hydrogen (secondary N) is 4. The summed E-state index contributed by atoms with van der Waals surface area (Å²) in [5.74, 6) is 1.58. The van der Waals surface area contributed by atoms with Crippen LogP contribution in [-0.2, 0) is 36.6 Å². The molecule has 6 atom stereocenters. The van der Waals surface area contributed by atoms with E-state index < -0.39 is 24.3 Å². The highest BCUT2D eigenvalue weighted by Gasteiger charge is 2.52. The molecule has 3 aromatic carbocycles. The van der Waals surface area contributed by atoms with Gasteiger partial charge in [-0.1, -0.05) is 50.2 Å². The maximum Gasteiger partial charge on any atom is 0.407 e. The minimum Gasteiger partial charge on any atom is -0.453 e. The van der Waals surface area contributed by atoms with Crippen molar-refractivity contribution in [2.75, 3.05) is 34.0 Å². The van der Waals surface area contributed by atoms with Gasteiger partial charge in [0.05, 0.1) is 43.0 Å². The molecule has 4 amide bonds. The van der Waals surface area contributed by atoms with E-state index in [9.17, 15) is 19.2 Å². The summed E-state index contributed by atoms with van der Waals surface area (Å²) in [7, 11) is 2.63. The van der Waals surface area contributed by atoms with E-state index in [1.807, 2.05) is 23.6 Å². The molecule has 2 aromatic heterocycles. The van der Waals surface area contributed by atoms with E-state index in [4.69, 9.17) is 24.2 Å². The molecule has 5 aromatic rings. The van der Waals surface area contributed by atoms with E-state index in [-0.39, 0.29) is 41.8 Å². The summed E-state index contributed by atoms with van der Waals surface area (Å²) in [4.78, 5) is 74.4. The SMILES string of the molecule is COC(=O)N[C@H](C(=O)N1CCC[C@H]1c1nc2c(ccc3cc(-c4ccc5c(c4)CCc4[nH]c([C@@H]6[C@H]7CC[C@H](C7)N6C(=O)[C@@H](NC(=O)OC)C6CCOCC6)nc4-5)ccc32)[nH]1)C(C)C. The minimum atomic E-state index is -0.695. The number of aryl methyl sites for hydroxylation is 2. The predicted octanol–water partition coefficient (Wildman–Crippen LogP) is 7.12. The van der Waals surface area contributed by atoms with Crippen LogP contribution in [0.25, 0.3) is 44.2 Å². The van der Waals surface area contributed by atoms with Crippen molar-refractivity contribution in [1.82, 2.24) is 40.4 Å². The lowest BCUT2D eigenvalue weighted by atomic mass is 9.89. The number of imidazole rings is 2. The Morgan fingerprint density at radius 2 is 1.60 bits per heavy atom. The molecule has 2 bridgehead atoms. The van der Waals surface area contributed by atoms with Gasteiger partial charge in [-0.15, -0.1) is 0 Å². The van der Waals surface area contributed by atoms with E-state index in [0.29, 0.717) is 38.5 Å². The number of piperidine rings is 1. The third-order valence-electron chi connectivity index (χ3n) is 14.4. The van der Waals surface area contributed by atoms with E-state index in [1.165, 1.54) is 19.8 Å².